The molecule has 1 unspecified atom stereocenters. The van der Waals surface area contributed by atoms with E-state index in [0.29, 0.717) is 6.04 Å². The lowest BCUT2D eigenvalue weighted by atomic mass is 10.1. The van der Waals surface area contributed by atoms with Crippen LogP contribution in [0, 0.1) is 0 Å². The smallest absolute Gasteiger partial charge is 0.00794 e. The van der Waals surface area contributed by atoms with Crippen molar-refractivity contribution in [3.63, 3.8) is 0 Å². The highest BCUT2D eigenvalue weighted by Gasteiger charge is 1.95. The Morgan fingerprint density at radius 2 is 2.44 bits per heavy atom. The molecule has 0 bridgehead atoms. The average Bonchev–Trinajstić information content (AvgIpc) is 1.85. The molecule has 0 fully saturated rings. The van der Waals surface area contributed by atoms with Gasteiger partial charge in [0.1, 0.15) is 0 Å². The third-order valence-electron chi connectivity index (χ3n) is 1.22. The second-order valence-corrected chi connectivity index (χ2v) is 2.19. The van der Waals surface area contributed by atoms with Gasteiger partial charge in [0.25, 0.3) is 0 Å². The van der Waals surface area contributed by atoms with Crippen molar-refractivity contribution < 1.29 is 0 Å². The minimum Gasteiger partial charge on any atom is -0.327 e. The van der Waals surface area contributed by atoms with Crippen molar-refractivity contribution in [1.29, 1.82) is 0 Å². The SMILES string of the molecule is C=C=CCC(N)CCC. The first kappa shape index (κ1) is 8.48. The molecule has 0 rings (SSSR count). The number of hydrogen-bond acceptors (Lipinski definition) is 1. The van der Waals surface area contributed by atoms with Crippen LogP contribution in [-0.4, -0.2) is 6.04 Å². The second kappa shape index (κ2) is 5.61. The predicted molar refractivity (Wildman–Crippen MR) is 41.2 cm³/mol. The number of hydrogen-bond donors (Lipinski definition) is 1. The lowest BCUT2D eigenvalue weighted by Crippen LogP contribution is -2.17. The first-order chi connectivity index (χ1) is 4.31. The molecule has 1 atom stereocenters. The predicted octanol–water partition coefficient (Wildman–Crippen LogP) is 1.84. The Kier molecular flexibility index (Phi) is 5.29. The molecule has 0 aliphatic heterocycles. The molecule has 0 aromatic rings. The van der Waals surface area contributed by atoms with Gasteiger partial charge in [-0.15, -0.1) is 5.73 Å². The maximum Gasteiger partial charge on any atom is 0.00794 e. The summed E-state index contributed by atoms with van der Waals surface area (Å²) in [4.78, 5) is 0. The van der Waals surface area contributed by atoms with E-state index in [0.717, 1.165) is 19.3 Å². The number of nitrogens with two attached hydrogens (primary N) is 1. The van der Waals surface area contributed by atoms with E-state index in [2.05, 4.69) is 19.2 Å². The molecule has 0 aromatic carbocycles. The molecular weight excluding hydrogens is 110 g/mol. The molecule has 2 N–H and O–H groups in total. The molecule has 0 radical (unpaired) electrons. The summed E-state index contributed by atoms with van der Waals surface area (Å²) >= 11 is 0. The van der Waals surface area contributed by atoms with Crippen LogP contribution in [0.25, 0.3) is 0 Å². The van der Waals surface area contributed by atoms with Gasteiger partial charge in [-0.3, -0.25) is 0 Å². The Bertz CT molecular complexity index is 101. The Balaban J connectivity index is 3.25. The van der Waals surface area contributed by atoms with Crippen molar-refractivity contribution in [2.24, 2.45) is 5.73 Å². The van der Waals surface area contributed by atoms with Crippen molar-refractivity contribution in [3.05, 3.63) is 18.4 Å². The standard InChI is InChI=1S/C8H15N/c1-3-5-7-8(9)6-4-2/h5,8H,1,4,6-7,9H2,2H3. The molecule has 52 valence electrons. The maximum atomic E-state index is 5.67. The van der Waals surface area contributed by atoms with Crippen molar-refractivity contribution in [2.75, 3.05) is 0 Å². The van der Waals surface area contributed by atoms with Crippen LogP contribution in [0.2, 0.25) is 0 Å². The largest absolute Gasteiger partial charge is 0.327 e. The summed E-state index contributed by atoms with van der Waals surface area (Å²) in [7, 11) is 0. The van der Waals surface area contributed by atoms with Crippen molar-refractivity contribution >= 4 is 0 Å². The molecule has 0 aromatic heterocycles. The van der Waals surface area contributed by atoms with Crippen molar-refractivity contribution in [2.45, 2.75) is 32.2 Å². The van der Waals surface area contributed by atoms with E-state index >= 15 is 0 Å². The van der Waals surface area contributed by atoms with Crippen LogP contribution in [0.1, 0.15) is 26.2 Å². The zero-order valence-electron chi connectivity index (χ0n) is 6.06. The summed E-state index contributed by atoms with van der Waals surface area (Å²) in [5, 5.41) is 0. The normalized spacial score (nSPS) is 12.2. The first-order valence-electron chi connectivity index (χ1n) is 3.41. The Morgan fingerprint density at radius 1 is 1.78 bits per heavy atom. The van der Waals surface area contributed by atoms with Gasteiger partial charge < -0.3 is 5.73 Å². The van der Waals surface area contributed by atoms with Gasteiger partial charge >= 0.3 is 0 Å². The van der Waals surface area contributed by atoms with Gasteiger partial charge in [0.15, 0.2) is 0 Å². The van der Waals surface area contributed by atoms with E-state index < -0.39 is 0 Å². The van der Waals surface area contributed by atoms with E-state index in [4.69, 9.17) is 5.73 Å². The first-order valence-corrected chi connectivity index (χ1v) is 3.41. The minimum atomic E-state index is 0.309. The van der Waals surface area contributed by atoms with Gasteiger partial charge in [-0.05, 0) is 18.9 Å². The highest BCUT2D eigenvalue weighted by molar-refractivity contribution is 4.80. The summed E-state index contributed by atoms with van der Waals surface area (Å²) < 4.78 is 0. The Hall–Kier alpha value is -0.520. The van der Waals surface area contributed by atoms with E-state index in [-0.39, 0.29) is 0 Å². The highest BCUT2D eigenvalue weighted by Crippen LogP contribution is 1.97. The quantitative estimate of drug-likeness (QED) is 0.570. The topological polar surface area (TPSA) is 26.0 Å². The van der Waals surface area contributed by atoms with E-state index in [1.165, 1.54) is 0 Å². The molecule has 0 saturated carbocycles. The zero-order valence-corrected chi connectivity index (χ0v) is 6.06. The maximum absolute atomic E-state index is 5.67. The van der Waals surface area contributed by atoms with Crippen LogP contribution < -0.4 is 5.73 Å². The van der Waals surface area contributed by atoms with Gasteiger partial charge in [-0.1, -0.05) is 19.9 Å². The van der Waals surface area contributed by atoms with E-state index in [1.807, 2.05) is 6.08 Å². The summed E-state index contributed by atoms with van der Waals surface area (Å²) in [5.74, 6) is 0. The molecule has 1 nitrogen and oxygen atoms in total. The fraction of sp³-hybridized carbons (Fsp3) is 0.625. The summed E-state index contributed by atoms with van der Waals surface area (Å²) in [6.07, 6.45) is 5.06. The molecule has 0 heterocycles. The molecule has 0 amide bonds. The number of rotatable bonds is 4. The molecule has 0 aliphatic rings. The van der Waals surface area contributed by atoms with E-state index in [9.17, 15) is 0 Å². The Labute approximate surface area is 57.3 Å². The fourth-order valence-corrected chi connectivity index (χ4v) is 0.723. The lowest BCUT2D eigenvalue weighted by Gasteiger charge is -2.03. The fourth-order valence-electron chi connectivity index (χ4n) is 0.723. The van der Waals surface area contributed by atoms with Crippen LogP contribution in [0.5, 0.6) is 0 Å². The second-order valence-electron chi connectivity index (χ2n) is 2.19. The Morgan fingerprint density at radius 3 is 2.89 bits per heavy atom. The van der Waals surface area contributed by atoms with Gasteiger partial charge in [0.2, 0.25) is 0 Å². The summed E-state index contributed by atoms with van der Waals surface area (Å²) in [5.41, 5.74) is 8.37. The molecule has 9 heavy (non-hydrogen) atoms. The third-order valence-corrected chi connectivity index (χ3v) is 1.22. The zero-order chi connectivity index (χ0) is 7.11. The summed E-state index contributed by atoms with van der Waals surface area (Å²) in [6, 6.07) is 0.309. The van der Waals surface area contributed by atoms with Crippen molar-refractivity contribution in [1.82, 2.24) is 0 Å². The van der Waals surface area contributed by atoms with E-state index in [1.54, 1.807) is 0 Å². The van der Waals surface area contributed by atoms with Gasteiger partial charge in [-0.25, -0.2) is 0 Å². The monoisotopic (exact) mass is 125 g/mol. The molecule has 0 aliphatic carbocycles. The van der Waals surface area contributed by atoms with Crippen molar-refractivity contribution in [3.8, 4) is 0 Å². The van der Waals surface area contributed by atoms with Crippen LogP contribution >= 0.6 is 0 Å². The summed E-state index contributed by atoms with van der Waals surface area (Å²) in [6.45, 7) is 5.59. The van der Waals surface area contributed by atoms with Crippen LogP contribution in [0.3, 0.4) is 0 Å². The van der Waals surface area contributed by atoms with Gasteiger partial charge in [0.05, 0.1) is 0 Å². The third kappa shape index (κ3) is 5.35. The lowest BCUT2D eigenvalue weighted by molar-refractivity contribution is 0.611. The van der Waals surface area contributed by atoms with Crippen LogP contribution in [0.4, 0.5) is 0 Å². The average molecular weight is 125 g/mol. The molecule has 1 heteroatoms. The van der Waals surface area contributed by atoms with Gasteiger partial charge in [-0.2, -0.15) is 0 Å². The van der Waals surface area contributed by atoms with Crippen LogP contribution in [-0.2, 0) is 0 Å². The molecule has 0 saturated heterocycles. The molecule has 0 spiro atoms. The highest BCUT2D eigenvalue weighted by atomic mass is 14.6. The minimum absolute atomic E-state index is 0.309. The van der Waals surface area contributed by atoms with Gasteiger partial charge in [0, 0.05) is 6.04 Å². The van der Waals surface area contributed by atoms with Crippen LogP contribution in [0.15, 0.2) is 18.4 Å². The molecular formula is C8H15N.